The number of esters is 2. The Morgan fingerprint density at radius 3 is 2.35 bits per heavy atom. The van der Waals surface area contributed by atoms with E-state index in [2.05, 4.69) is 0 Å². The molecule has 0 spiro atoms. The van der Waals surface area contributed by atoms with Gasteiger partial charge in [0.2, 0.25) is 0 Å². The van der Waals surface area contributed by atoms with Crippen molar-refractivity contribution in [2.75, 3.05) is 34.2 Å². The molecule has 0 amide bonds. The van der Waals surface area contributed by atoms with Crippen molar-refractivity contribution in [3.05, 3.63) is 58.1 Å². The Bertz CT molecular complexity index is 897. The van der Waals surface area contributed by atoms with Gasteiger partial charge in [-0.15, -0.1) is 0 Å². The van der Waals surface area contributed by atoms with Crippen LogP contribution in [0, 0.1) is 0 Å². The van der Waals surface area contributed by atoms with Gasteiger partial charge in [-0.3, -0.25) is 4.79 Å². The van der Waals surface area contributed by atoms with Crippen molar-refractivity contribution in [1.82, 2.24) is 0 Å². The average molecular weight is 451 g/mol. The van der Waals surface area contributed by atoms with Gasteiger partial charge in [0.25, 0.3) is 0 Å². The van der Waals surface area contributed by atoms with Crippen molar-refractivity contribution in [3.63, 3.8) is 0 Å². The molecular weight excluding hydrogens is 424 g/mol. The van der Waals surface area contributed by atoms with Gasteiger partial charge in [0.1, 0.15) is 11.5 Å². The summed E-state index contributed by atoms with van der Waals surface area (Å²) in [6.07, 6.45) is 0.243. The molecular formula is C23H27ClO7. The molecule has 8 heteroatoms. The summed E-state index contributed by atoms with van der Waals surface area (Å²) in [5.74, 6) is -0.569. The van der Waals surface area contributed by atoms with Crippen LogP contribution in [0.1, 0.15) is 41.3 Å². The quantitative estimate of drug-likeness (QED) is 0.371. The Morgan fingerprint density at radius 2 is 1.74 bits per heavy atom. The third-order valence-corrected chi connectivity index (χ3v) is 4.82. The lowest BCUT2D eigenvalue weighted by molar-refractivity contribution is -0.144. The summed E-state index contributed by atoms with van der Waals surface area (Å²) in [6, 6.07) is 10.1. The van der Waals surface area contributed by atoms with Crippen LogP contribution in [0.4, 0.5) is 0 Å². The molecule has 0 aliphatic carbocycles. The number of carbonyl (C=O) groups excluding carboxylic acids is 2. The van der Waals surface area contributed by atoms with Gasteiger partial charge in [0.05, 0.1) is 31.8 Å². The van der Waals surface area contributed by atoms with E-state index >= 15 is 0 Å². The zero-order valence-electron chi connectivity index (χ0n) is 18.1. The monoisotopic (exact) mass is 450 g/mol. The van der Waals surface area contributed by atoms with Crippen LogP contribution >= 0.6 is 11.6 Å². The molecule has 0 saturated heterocycles. The van der Waals surface area contributed by atoms with Gasteiger partial charge in [-0.25, -0.2) is 4.79 Å². The molecule has 0 bridgehead atoms. The number of rotatable bonds is 11. The van der Waals surface area contributed by atoms with E-state index < -0.39 is 17.9 Å². The highest BCUT2D eigenvalue weighted by molar-refractivity contribution is 6.31. The van der Waals surface area contributed by atoms with Crippen LogP contribution in [0.3, 0.4) is 0 Å². The number of halogens is 1. The Hall–Kier alpha value is -2.77. The molecule has 0 aliphatic heterocycles. The molecule has 1 atom stereocenters. The van der Waals surface area contributed by atoms with E-state index in [0.29, 0.717) is 33.2 Å². The summed E-state index contributed by atoms with van der Waals surface area (Å²) < 4.78 is 26.2. The van der Waals surface area contributed by atoms with Crippen LogP contribution in [-0.4, -0.2) is 46.2 Å². The van der Waals surface area contributed by atoms with Gasteiger partial charge in [-0.1, -0.05) is 23.7 Å². The second-order valence-corrected chi connectivity index (χ2v) is 6.90. The van der Waals surface area contributed by atoms with Crippen molar-refractivity contribution in [2.45, 2.75) is 26.2 Å². The zero-order valence-corrected chi connectivity index (χ0v) is 18.9. The smallest absolute Gasteiger partial charge is 0.338 e. The molecule has 0 radical (unpaired) electrons. The Balaban J connectivity index is 2.44. The van der Waals surface area contributed by atoms with Crippen molar-refractivity contribution in [3.8, 4) is 11.5 Å². The average Bonchev–Trinajstić information content (AvgIpc) is 2.76. The molecule has 0 fully saturated rings. The van der Waals surface area contributed by atoms with E-state index in [1.807, 2.05) is 0 Å². The lowest BCUT2D eigenvalue weighted by Gasteiger charge is -2.20. The van der Waals surface area contributed by atoms with E-state index in [0.717, 1.165) is 0 Å². The standard InChI is InChI=1S/C23H27ClO7/c1-5-29-22(25)16-8-7-15(21(12-16)31-14-27-3)11-19(23(26)30-6-2)18-10-9-17(28-4)13-20(18)24/h7-10,12-13,19H,5-6,11,14H2,1-4H3. The van der Waals surface area contributed by atoms with Crippen LogP contribution in [0.5, 0.6) is 11.5 Å². The minimum atomic E-state index is -0.684. The van der Waals surface area contributed by atoms with E-state index in [-0.39, 0.29) is 26.4 Å². The largest absolute Gasteiger partial charge is 0.497 e. The summed E-state index contributed by atoms with van der Waals surface area (Å²) in [6.45, 7) is 3.95. The molecule has 7 nitrogen and oxygen atoms in total. The Labute approximate surface area is 187 Å². The first-order valence-electron chi connectivity index (χ1n) is 9.86. The second kappa shape index (κ2) is 12.2. The first kappa shape index (κ1) is 24.5. The molecule has 2 aromatic rings. The number of hydrogen-bond acceptors (Lipinski definition) is 7. The predicted molar refractivity (Wildman–Crippen MR) is 116 cm³/mol. The van der Waals surface area contributed by atoms with Crippen molar-refractivity contribution >= 4 is 23.5 Å². The topological polar surface area (TPSA) is 80.3 Å². The third-order valence-electron chi connectivity index (χ3n) is 4.49. The van der Waals surface area contributed by atoms with E-state index in [1.165, 1.54) is 7.11 Å². The summed E-state index contributed by atoms with van der Waals surface area (Å²) in [7, 11) is 3.03. The Kier molecular flexibility index (Phi) is 9.62. The number of hydrogen-bond donors (Lipinski definition) is 0. The number of ether oxygens (including phenoxy) is 5. The highest BCUT2D eigenvalue weighted by Crippen LogP contribution is 2.34. The highest BCUT2D eigenvalue weighted by atomic mass is 35.5. The molecule has 0 N–H and O–H groups in total. The molecule has 0 aromatic heterocycles. The normalized spacial score (nSPS) is 11.5. The highest BCUT2D eigenvalue weighted by Gasteiger charge is 2.27. The lowest BCUT2D eigenvalue weighted by Crippen LogP contribution is -2.19. The first-order chi connectivity index (χ1) is 14.9. The predicted octanol–water partition coefficient (Wildman–Crippen LogP) is 4.40. The molecule has 31 heavy (non-hydrogen) atoms. The maximum Gasteiger partial charge on any atom is 0.338 e. The molecule has 168 valence electrons. The number of carbonyl (C=O) groups is 2. The van der Waals surface area contributed by atoms with Gasteiger partial charge >= 0.3 is 11.9 Å². The molecule has 2 rings (SSSR count). The minimum absolute atomic E-state index is 0.0212. The maximum absolute atomic E-state index is 12.8. The van der Waals surface area contributed by atoms with Crippen LogP contribution < -0.4 is 9.47 Å². The summed E-state index contributed by atoms with van der Waals surface area (Å²) in [5, 5.41) is 0.389. The fraction of sp³-hybridized carbons (Fsp3) is 0.391. The molecule has 0 heterocycles. The van der Waals surface area contributed by atoms with Crippen LogP contribution in [0.25, 0.3) is 0 Å². The fourth-order valence-corrected chi connectivity index (χ4v) is 3.32. The van der Waals surface area contributed by atoms with Gasteiger partial charge in [-0.05, 0) is 55.7 Å². The molecule has 2 aromatic carbocycles. The van der Waals surface area contributed by atoms with Gasteiger partial charge < -0.3 is 23.7 Å². The second-order valence-electron chi connectivity index (χ2n) is 6.49. The molecule has 1 unspecified atom stereocenters. The number of benzene rings is 2. The third kappa shape index (κ3) is 6.60. The number of methoxy groups -OCH3 is 2. The van der Waals surface area contributed by atoms with Gasteiger partial charge in [-0.2, -0.15) is 0 Å². The SMILES string of the molecule is CCOC(=O)c1ccc(CC(C(=O)OCC)c2ccc(OC)cc2Cl)c(OCOC)c1. The van der Waals surface area contributed by atoms with Crippen LogP contribution in [0.15, 0.2) is 36.4 Å². The summed E-state index contributed by atoms with van der Waals surface area (Å²) in [5.41, 5.74) is 1.63. The maximum atomic E-state index is 12.8. The first-order valence-corrected chi connectivity index (χ1v) is 10.2. The van der Waals surface area contributed by atoms with Crippen LogP contribution in [0.2, 0.25) is 5.02 Å². The Morgan fingerprint density at radius 1 is 1.00 bits per heavy atom. The lowest BCUT2D eigenvalue weighted by atomic mass is 9.91. The fourth-order valence-electron chi connectivity index (χ4n) is 3.02. The van der Waals surface area contributed by atoms with E-state index in [9.17, 15) is 9.59 Å². The van der Waals surface area contributed by atoms with E-state index in [4.69, 9.17) is 35.3 Å². The van der Waals surface area contributed by atoms with Gasteiger partial charge in [0, 0.05) is 12.1 Å². The minimum Gasteiger partial charge on any atom is -0.497 e. The molecule has 0 saturated carbocycles. The zero-order chi connectivity index (χ0) is 22.8. The summed E-state index contributed by atoms with van der Waals surface area (Å²) >= 11 is 6.44. The van der Waals surface area contributed by atoms with Crippen LogP contribution in [-0.2, 0) is 25.4 Å². The molecule has 0 aliphatic rings. The van der Waals surface area contributed by atoms with Crippen molar-refractivity contribution in [2.24, 2.45) is 0 Å². The van der Waals surface area contributed by atoms with Crippen molar-refractivity contribution in [1.29, 1.82) is 0 Å². The van der Waals surface area contributed by atoms with E-state index in [1.54, 1.807) is 57.4 Å². The summed E-state index contributed by atoms with van der Waals surface area (Å²) in [4.78, 5) is 24.9. The van der Waals surface area contributed by atoms with Crippen molar-refractivity contribution < 1.29 is 33.3 Å². The van der Waals surface area contributed by atoms with Gasteiger partial charge in [0.15, 0.2) is 6.79 Å².